The lowest BCUT2D eigenvalue weighted by Gasteiger charge is -2.27. The van der Waals surface area contributed by atoms with Crippen LogP contribution in [0.1, 0.15) is 20.8 Å². The molecule has 1 amide bonds. The average Bonchev–Trinajstić information content (AvgIpc) is 1.81. The van der Waals surface area contributed by atoms with Crippen molar-refractivity contribution in [3.63, 3.8) is 0 Å². The Morgan fingerprint density at radius 3 is 1.82 bits per heavy atom. The fourth-order valence-corrected chi connectivity index (χ4v) is 0.681. The second kappa shape index (κ2) is 4.27. The maximum Gasteiger partial charge on any atom is 0.231 e. The molecule has 0 heterocycles. The predicted octanol–water partition coefficient (Wildman–Crippen LogP) is -0.984. The number of rotatable bonds is 3. The lowest BCUT2D eigenvalue weighted by Crippen LogP contribution is -2.51. The maximum absolute atomic E-state index is 10.5. The zero-order valence-corrected chi connectivity index (χ0v) is 6.90. The lowest BCUT2D eigenvalue weighted by molar-refractivity contribution is -0.147. The van der Waals surface area contributed by atoms with Crippen LogP contribution >= 0.6 is 0 Å². The van der Waals surface area contributed by atoms with Crippen LogP contribution in [-0.4, -0.2) is 33.6 Å². The van der Waals surface area contributed by atoms with Gasteiger partial charge in [0.2, 0.25) is 5.91 Å². The molecular formula is C6H14N2O3. The van der Waals surface area contributed by atoms with Gasteiger partial charge in [0.1, 0.15) is 12.5 Å². The van der Waals surface area contributed by atoms with Crippen molar-refractivity contribution in [1.82, 2.24) is 10.4 Å². The first-order valence-electron chi connectivity index (χ1n) is 3.37. The van der Waals surface area contributed by atoms with E-state index in [1.165, 1.54) is 20.8 Å². The number of aliphatic hydroxyl groups excluding tert-OH is 2. The van der Waals surface area contributed by atoms with Gasteiger partial charge < -0.3 is 10.2 Å². The van der Waals surface area contributed by atoms with Crippen LogP contribution in [0.3, 0.4) is 0 Å². The number of carbonyl (C=O) groups is 1. The van der Waals surface area contributed by atoms with Crippen molar-refractivity contribution in [2.45, 2.75) is 33.2 Å². The number of hydrogen-bond donors (Lipinski definition) is 3. The molecule has 11 heavy (non-hydrogen) atoms. The molecule has 0 saturated heterocycles. The maximum atomic E-state index is 10.5. The number of amides is 1. The van der Waals surface area contributed by atoms with E-state index in [4.69, 9.17) is 10.2 Å². The van der Waals surface area contributed by atoms with Gasteiger partial charge >= 0.3 is 0 Å². The summed E-state index contributed by atoms with van der Waals surface area (Å²) >= 11 is 0. The Morgan fingerprint density at radius 2 is 1.73 bits per heavy atom. The summed E-state index contributed by atoms with van der Waals surface area (Å²) in [5.74, 6) is -0.327. The Kier molecular flexibility index (Phi) is 4.02. The van der Waals surface area contributed by atoms with Crippen molar-refractivity contribution in [2.75, 3.05) is 0 Å². The summed E-state index contributed by atoms with van der Waals surface area (Å²) in [6, 6.07) is 0. The highest BCUT2D eigenvalue weighted by Crippen LogP contribution is 1.95. The van der Waals surface area contributed by atoms with E-state index < -0.39 is 12.5 Å². The van der Waals surface area contributed by atoms with Crippen molar-refractivity contribution in [3.8, 4) is 0 Å². The number of nitrogens with zero attached hydrogens (tertiary/aromatic N) is 1. The molecule has 0 aliphatic carbocycles. The van der Waals surface area contributed by atoms with E-state index in [2.05, 4.69) is 5.43 Å². The molecule has 3 N–H and O–H groups in total. The molecule has 2 unspecified atom stereocenters. The summed E-state index contributed by atoms with van der Waals surface area (Å²) in [7, 11) is 0. The zero-order valence-electron chi connectivity index (χ0n) is 6.90. The number of aliphatic hydroxyl groups is 2. The second-order valence-corrected chi connectivity index (χ2v) is 2.34. The van der Waals surface area contributed by atoms with E-state index in [0.29, 0.717) is 0 Å². The molecule has 0 aliphatic rings. The van der Waals surface area contributed by atoms with Crippen LogP contribution in [-0.2, 0) is 4.79 Å². The zero-order chi connectivity index (χ0) is 9.02. The quantitative estimate of drug-likeness (QED) is 0.368. The summed E-state index contributed by atoms with van der Waals surface area (Å²) in [5.41, 5.74) is 2.27. The first-order valence-corrected chi connectivity index (χ1v) is 3.37. The van der Waals surface area contributed by atoms with Crippen LogP contribution in [0.2, 0.25) is 0 Å². The third kappa shape index (κ3) is 3.92. The van der Waals surface area contributed by atoms with E-state index >= 15 is 0 Å². The molecule has 0 aliphatic heterocycles. The van der Waals surface area contributed by atoms with E-state index in [1.54, 1.807) is 0 Å². The minimum Gasteiger partial charge on any atom is -0.377 e. The minimum absolute atomic E-state index is 0.327. The van der Waals surface area contributed by atoms with Crippen molar-refractivity contribution < 1.29 is 15.0 Å². The molecule has 0 aromatic carbocycles. The predicted molar refractivity (Wildman–Crippen MR) is 39.0 cm³/mol. The smallest absolute Gasteiger partial charge is 0.231 e. The van der Waals surface area contributed by atoms with Gasteiger partial charge in [0, 0.05) is 6.92 Å². The highest BCUT2D eigenvalue weighted by Gasteiger charge is 2.16. The summed E-state index contributed by atoms with van der Waals surface area (Å²) in [4.78, 5) is 10.5. The van der Waals surface area contributed by atoms with Crippen LogP contribution in [0, 0.1) is 0 Å². The van der Waals surface area contributed by atoms with Gasteiger partial charge in [-0.2, -0.15) is 5.01 Å². The van der Waals surface area contributed by atoms with Gasteiger partial charge in [-0.3, -0.25) is 10.2 Å². The van der Waals surface area contributed by atoms with E-state index in [1.807, 2.05) is 0 Å². The number of carbonyl (C=O) groups excluding carboxylic acids is 1. The van der Waals surface area contributed by atoms with Gasteiger partial charge in [0.05, 0.1) is 0 Å². The first kappa shape index (κ1) is 10.3. The first-order chi connectivity index (χ1) is 4.95. The van der Waals surface area contributed by atoms with Gasteiger partial charge in [-0.25, -0.2) is 0 Å². The number of nitrogens with one attached hydrogen (secondary N) is 1. The SMILES string of the molecule is CC(=O)NN(C(C)O)C(C)O. The van der Waals surface area contributed by atoms with E-state index in [-0.39, 0.29) is 5.91 Å². The molecule has 0 spiro atoms. The molecule has 0 bridgehead atoms. The van der Waals surface area contributed by atoms with Crippen LogP contribution in [0.4, 0.5) is 0 Å². The molecule has 0 aromatic heterocycles. The Morgan fingerprint density at radius 1 is 1.36 bits per heavy atom. The van der Waals surface area contributed by atoms with Crippen molar-refractivity contribution in [3.05, 3.63) is 0 Å². The van der Waals surface area contributed by atoms with Gasteiger partial charge in [-0.05, 0) is 13.8 Å². The molecule has 5 nitrogen and oxygen atoms in total. The fourth-order valence-electron chi connectivity index (χ4n) is 0.681. The van der Waals surface area contributed by atoms with Crippen LogP contribution in [0.5, 0.6) is 0 Å². The molecule has 66 valence electrons. The molecule has 5 heteroatoms. The third-order valence-corrected chi connectivity index (χ3v) is 1.09. The summed E-state index contributed by atoms with van der Waals surface area (Å²) < 4.78 is 0. The second-order valence-electron chi connectivity index (χ2n) is 2.34. The summed E-state index contributed by atoms with van der Waals surface area (Å²) in [6.07, 6.45) is -1.81. The molecule has 0 aromatic rings. The van der Waals surface area contributed by atoms with Crippen LogP contribution in [0.25, 0.3) is 0 Å². The summed E-state index contributed by atoms with van der Waals surface area (Å²) in [6.45, 7) is 4.20. The number of hydrogen-bond acceptors (Lipinski definition) is 4. The average molecular weight is 162 g/mol. The molecule has 0 saturated carbocycles. The molecule has 0 radical (unpaired) electrons. The standard InChI is InChI=1S/C6H14N2O3/c1-4(9)7-8(5(2)10)6(3)11/h5-6,10-11H,1-3H3,(H,7,9). The number of hydrazine groups is 1. The third-order valence-electron chi connectivity index (χ3n) is 1.09. The van der Waals surface area contributed by atoms with Crippen molar-refractivity contribution in [1.29, 1.82) is 0 Å². The van der Waals surface area contributed by atoms with E-state index in [9.17, 15) is 4.79 Å². The highest BCUT2D eigenvalue weighted by atomic mass is 16.3. The molecule has 0 rings (SSSR count). The Labute approximate surface area is 65.6 Å². The normalized spacial score (nSPS) is 16.2. The highest BCUT2D eigenvalue weighted by molar-refractivity contribution is 5.72. The van der Waals surface area contributed by atoms with Gasteiger partial charge in [-0.1, -0.05) is 0 Å². The minimum atomic E-state index is -0.904. The largest absolute Gasteiger partial charge is 0.377 e. The van der Waals surface area contributed by atoms with Crippen LogP contribution < -0.4 is 5.43 Å². The van der Waals surface area contributed by atoms with E-state index in [0.717, 1.165) is 5.01 Å². The molecule has 2 atom stereocenters. The fraction of sp³-hybridized carbons (Fsp3) is 0.833. The Hall–Kier alpha value is -0.650. The Balaban J connectivity index is 4.00. The topological polar surface area (TPSA) is 72.8 Å². The molecule has 0 fully saturated rings. The monoisotopic (exact) mass is 162 g/mol. The van der Waals surface area contributed by atoms with Gasteiger partial charge in [0.15, 0.2) is 0 Å². The lowest BCUT2D eigenvalue weighted by atomic mass is 10.5. The Bertz CT molecular complexity index is 128. The molecular weight excluding hydrogens is 148 g/mol. The van der Waals surface area contributed by atoms with Gasteiger partial charge in [0.25, 0.3) is 0 Å². The van der Waals surface area contributed by atoms with Crippen LogP contribution in [0.15, 0.2) is 0 Å². The van der Waals surface area contributed by atoms with Gasteiger partial charge in [-0.15, -0.1) is 0 Å². The summed E-state index contributed by atoms with van der Waals surface area (Å²) in [5, 5.41) is 19.0. The van der Waals surface area contributed by atoms with Crippen molar-refractivity contribution in [2.24, 2.45) is 0 Å². The van der Waals surface area contributed by atoms with Crippen molar-refractivity contribution >= 4 is 5.91 Å².